The van der Waals surface area contributed by atoms with Crippen molar-refractivity contribution < 1.29 is 4.74 Å². The van der Waals surface area contributed by atoms with Crippen LogP contribution in [0.1, 0.15) is 32.3 Å². The Hall–Kier alpha value is -1.95. The molecule has 0 radical (unpaired) electrons. The zero-order valence-electron chi connectivity index (χ0n) is 20.8. The second-order valence-electron chi connectivity index (χ2n) is 10.9. The highest BCUT2D eigenvalue weighted by Gasteiger charge is 2.50. The highest BCUT2D eigenvalue weighted by atomic mass is 16.5. The van der Waals surface area contributed by atoms with Crippen molar-refractivity contribution >= 4 is 6.34 Å². The summed E-state index contributed by atoms with van der Waals surface area (Å²) in [6.07, 6.45) is 9.71. The highest BCUT2D eigenvalue weighted by molar-refractivity contribution is 5.58. The first kappa shape index (κ1) is 22.8. The minimum absolute atomic E-state index is 0.0398. The summed E-state index contributed by atoms with van der Waals surface area (Å²) in [7, 11) is 4.08. The smallest absolute Gasteiger partial charge is 0.118 e. The van der Waals surface area contributed by atoms with Gasteiger partial charge in [-0.3, -0.25) is 14.8 Å². The minimum Gasteiger partial charge on any atom is -0.366 e. The molecule has 1 aromatic carbocycles. The lowest BCUT2D eigenvalue weighted by Crippen LogP contribution is -2.64. The van der Waals surface area contributed by atoms with Crippen LogP contribution in [0.15, 0.2) is 58.6 Å². The quantitative estimate of drug-likeness (QED) is 0.680. The molecular weight excluding hydrogens is 408 g/mol. The van der Waals surface area contributed by atoms with Gasteiger partial charge in [-0.1, -0.05) is 55.0 Å². The van der Waals surface area contributed by atoms with Crippen molar-refractivity contribution in [3.05, 3.63) is 59.2 Å². The summed E-state index contributed by atoms with van der Waals surface area (Å²) in [6, 6.07) is 11.3. The topological polar surface area (TPSA) is 31.3 Å². The van der Waals surface area contributed by atoms with Crippen molar-refractivity contribution in [3.8, 4) is 0 Å². The average Bonchev–Trinajstić information content (AvgIpc) is 3.54. The molecule has 5 rings (SSSR count). The summed E-state index contributed by atoms with van der Waals surface area (Å²) in [5, 5.41) is 0. The molecule has 178 valence electrons. The number of allylic oxidation sites excluding steroid dienone is 2. The number of likely N-dealkylation sites (N-methyl/N-ethyl adjacent to an activating group) is 1. The molecule has 1 aromatic rings. The number of ether oxygens (including phenoxy) is 1. The SMILES string of the molecule is COC1N(C)CCN=CN(CC2=CC3CC3C=C2C)C2CCN(Cc3ccccc3)CC12C. The zero-order chi connectivity index (χ0) is 23.0. The Morgan fingerprint density at radius 3 is 2.67 bits per heavy atom. The molecular formula is C28H40N4O. The van der Waals surface area contributed by atoms with Gasteiger partial charge in [0.2, 0.25) is 0 Å². The van der Waals surface area contributed by atoms with E-state index in [0.717, 1.165) is 57.5 Å². The average molecular weight is 449 g/mol. The molecule has 2 heterocycles. The lowest BCUT2D eigenvalue weighted by Gasteiger charge is -2.54. The number of nitrogens with zero attached hydrogens (tertiary/aromatic N) is 4. The lowest BCUT2D eigenvalue weighted by molar-refractivity contribution is -0.146. The first-order chi connectivity index (χ1) is 16.0. The molecule has 4 aliphatic rings. The second-order valence-corrected chi connectivity index (χ2v) is 10.9. The van der Waals surface area contributed by atoms with Crippen LogP contribution in [0.2, 0.25) is 0 Å². The number of hydrogen-bond donors (Lipinski definition) is 0. The van der Waals surface area contributed by atoms with Crippen LogP contribution in [0.4, 0.5) is 0 Å². The van der Waals surface area contributed by atoms with E-state index < -0.39 is 0 Å². The summed E-state index contributed by atoms with van der Waals surface area (Å²) >= 11 is 0. The van der Waals surface area contributed by atoms with Crippen LogP contribution >= 0.6 is 0 Å². The third-order valence-electron chi connectivity index (χ3n) is 8.32. The molecule has 0 amide bonds. The van der Waals surface area contributed by atoms with E-state index >= 15 is 0 Å². The number of fused-ring (bicyclic) bond motifs is 2. The van der Waals surface area contributed by atoms with E-state index in [2.05, 4.69) is 84.4 Å². The summed E-state index contributed by atoms with van der Waals surface area (Å²) in [4.78, 5) is 12.4. The predicted octanol–water partition coefficient (Wildman–Crippen LogP) is 4.04. The summed E-state index contributed by atoms with van der Waals surface area (Å²) in [5.41, 5.74) is 4.30. The molecule has 1 saturated carbocycles. The molecule has 5 unspecified atom stereocenters. The molecule has 0 spiro atoms. The fraction of sp³-hybridized carbons (Fsp3) is 0.607. The Balaban J connectivity index is 1.43. The number of rotatable bonds is 5. The number of likely N-dealkylation sites (tertiary alicyclic amines) is 1. The van der Waals surface area contributed by atoms with Crippen LogP contribution in [-0.4, -0.2) is 80.2 Å². The molecule has 2 aliphatic heterocycles. The van der Waals surface area contributed by atoms with Crippen LogP contribution in [0.5, 0.6) is 0 Å². The molecule has 5 atom stereocenters. The first-order valence-electron chi connectivity index (χ1n) is 12.6. The van der Waals surface area contributed by atoms with E-state index in [1.54, 1.807) is 0 Å². The van der Waals surface area contributed by atoms with Gasteiger partial charge < -0.3 is 9.64 Å². The standard InChI is InChI=1S/C28H40N4O/c1-21-14-23-15-24(23)16-25(21)18-32-20-29-11-13-30(3)27(33-4)28(2)19-31(12-10-26(28)32)17-22-8-6-5-7-9-22/h5-9,14,16,20,23-24,26-27H,10-13,15,17-19H2,1-4H3. The van der Waals surface area contributed by atoms with Crippen LogP contribution in [0.3, 0.4) is 0 Å². The maximum absolute atomic E-state index is 6.24. The van der Waals surface area contributed by atoms with Gasteiger partial charge in [0, 0.05) is 51.3 Å². The molecule has 33 heavy (non-hydrogen) atoms. The monoisotopic (exact) mass is 448 g/mol. The fourth-order valence-electron chi connectivity index (χ4n) is 6.56. The van der Waals surface area contributed by atoms with E-state index in [0.29, 0.717) is 6.04 Å². The highest BCUT2D eigenvalue weighted by Crippen LogP contribution is 2.47. The van der Waals surface area contributed by atoms with Gasteiger partial charge in [-0.25, -0.2) is 0 Å². The predicted molar refractivity (Wildman–Crippen MR) is 135 cm³/mol. The molecule has 2 fully saturated rings. The molecule has 0 bridgehead atoms. The van der Waals surface area contributed by atoms with E-state index in [4.69, 9.17) is 9.73 Å². The van der Waals surface area contributed by atoms with Crippen LogP contribution in [-0.2, 0) is 11.3 Å². The summed E-state index contributed by atoms with van der Waals surface area (Å²) in [6.45, 7) is 10.5. The van der Waals surface area contributed by atoms with E-state index in [9.17, 15) is 0 Å². The molecule has 2 aliphatic carbocycles. The van der Waals surface area contributed by atoms with E-state index in [-0.39, 0.29) is 11.6 Å². The molecule has 5 heteroatoms. The van der Waals surface area contributed by atoms with Gasteiger partial charge in [0.1, 0.15) is 6.23 Å². The van der Waals surface area contributed by atoms with Gasteiger partial charge in [0.15, 0.2) is 0 Å². The minimum atomic E-state index is -0.0398. The number of aliphatic imine (C=N–C) groups is 1. The number of benzene rings is 1. The largest absolute Gasteiger partial charge is 0.366 e. The van der Waals surface area contributed by atoms with Gasteiger partial charge in [0.05, 0.1) is 12.9 Å². The maximum Gasteiger partial charge on any atom is 0.118 e. The van der Waals surface area contributed by atoms with Crippen LogP contribution in [0, 0.1) is 17.3 Å². The third-order valence-corrected chi connectivity index (χ3v) is 8.32. The molecule has 1 saturated heterocycles. The number of hydrogen-bond acceptors (Lipinski definition) is 5. The van der Waals surface area contributed by atoms with Gasteiger partial charge in [-0.05, 0) is 49.8 Å². The Labute approximate surface area is 199 Å². The van der Waals surface area contributed by atoms with Crippen molar-refractivity contribution in [2.24, 2.45) is 22.2 Å². The third kappa shape index (κ3) is 4.68. The Bertz CT molecular complexity index is 925. The van der Waals surface area contributed by atoms with Crippen molar-refractivity contribution in [3.63, 3.8) is 0 Å². The normalized spacial score (nSPS) is 35.0. The van der Waals surface area contributed by atoms with Gasteiger partial charge in [-0.2, -0.15) is 0 Å². The van der Waals surface area contributed by atoms with Crippen molar-refractivity contribution in [2.75, 3.05) is 46.9 Å². The lowest BCUT2D eigenvalue weighted by atomic mass is 9.73. The maximum atomic E-state index is 6.24. The van der Waals surface area contributed by atoms with Gasteiger partial charge in [-0.15, -0.1) is 0 Å². The zero-order valence-corrected chi connectivity index (χ0v) is 20.8. The van der Waals surface area contributed by atoms with Crippen LogP contribution in [0.25, 0.3) is 0 Å². The summed E-state index contributed by atoms with van der Waals surface area (Å²) in [5.74, 6) is 1.58. The number of methoxy groups -OCH3 is 1. The molecule has 0 aromatic heterocycles. The van der Waals surface area contributed by atoms with Crippen molar-refractivity contribution in [1.29, 1.82) is 0 Å². The number of piperidine rings is 1. The van der Waals surface area contributed by atoms with Crippen molar-refractivity contribution in [1.82, 2.24) is 14.7 Å². The molecule has 0 N–H and O–H groups in total. The molecule has 5 nitrogen and oxygen atoms in total. The Morgan fingerprint density at radius 2 is 1.88 bits per heavy atom. The van der Waals surface area contributed by atoms with E-state index in [1.807, 2.05) is 7.11 Å². The fourth-order valence-corrected chi connectivity index (χ4v) is 6.56. The summed E-state index contributed by atoms with van der Waals surface area (Å²) < 4.78 is 6.24. The van der Waals surface area contributed by atoms with Crippen molar-refractivity contribution in [2.45, 2.75) is 45.5 Å². The van der Waals surface area contributed by atoms with Gasteiger partial charge >= 0.3 is 0 Å². The first-order valence-corrected chi connectivity index (χ1v) is 12.6. The van der Waals surface area contributed by atoms with E-state index in [1.165, 1.54) is 23.1 Å². The second kappa shape index (κ2) is 9.36. The Morgan fingerprint density at radius 1 is 1.09 bits per heavy atom. The Kier molecular flexibility index (Phi) is 6.47. The van der Waals surface area contributed by atoms with Gasteiger partial charge in [0.25, 0.3) is 0 Å². The van der Waals surface area contributed by atoms with Crippen LogP contribution < -0.4 is 0 Å².